The highest BCUT2D eigenvalue weighted by molar-refractivity contribution is 6.25. The summed E-state index contributed by atoms with van der Waals surface area (Å²) in [5.74, 6) is 0. The van der Waals surface area contributed by atoms with Gasteiger partial charge in [0.25, 0.3) is 0 Å². The first kappa shape index (κ1) is 19.5. The van der Waals surface area contributed by atoms with E-state index < -0.39 is 0 Å². The Balaban J connectivity index is 0.000000264. The van der Waals surface area contributed by atoms with Gasteiger partial charge in [-0.15, -0.1) is 0 Å². The largest absolute Gasteiger partial charge is 1.00 e. The van der Waals surface area contributed by atoms with Gasteiger partial charge in [0.05, 0.1) is 20.0 Å². The molecule has 0 atom stereocenters. The van der Waals surface area contributed by atoms with Crippen molar-refractivity contribution in [1.82, 2.24) is 14.7 Å². The van der Waals surface area contributed by atoms with Crippen LogP contribution in [-0.2, 0) is 9.59 Å². The van der Waals surface area contributed by atoms with Crippen molar-refractivity contribution in [1.29, 1.82) is 0 Å². The average Bonchev–Trinajstić information content (AvgIpc) is 2.45. The SMILES string of the molecule is ClC=CC[N+]12CN3CN(CN(C3)C1)C2.O=CCCCC=O.[Cl-]. The van der Waals surface area contributed by atoms with E-state index in [4.69, 9.17) is 11.6 Å². The van der Waals surface area contributed by atoms with Crippen LogP contribution in [0.25, 0.3) is 0 Å². The molecule has 0 amide bonds. The smallest absolute Gasteiger partial charge is 0.139 e. The zero-order valence-corrected chi connectivity index (χ0v) is 14.3. The predicted molar refractivity (Wildman–Crippen MR) is 80.8 cm³/mol. The molecular weight excluding hydrogens is 327 g/mol. The molecule has 0 unspecified atom stereocenters. The van der Waals surface area contributed by atoms with Crippen molar-refractivity contribution >= 4 is 24.2 Å². The molecule has 4 fully saturated rings. The van der Waals surface area contributed by atoms with Gasteiger partial charge >= 0.3 is 0 Å². The van der Waals surface area contributed by atoms with Gasteiger partial charge in [-0.3, -0.25) is 4.48 Å². The first-order valence-electron chi connectivity index (χ1n) is 7.36. The molecule has 0 spiro atoms. The van der Waals surface area contributed by atoms with E-state index >= 15 is 0 Å². The van der Waals surface area contributed by atoms with Gasteiger partial charge in [0.1, 0.15) is 39.1 Å². The minimum Gasteiger partial charge on any atom is -1.00 e. The van der Waals surface area contributed by atoms with Crippen LogP contribution in [0, 0.1) is 0 Å². The van der Waals surface area contributed by atoms with Crippen molar-refractivity contribution in [3.8, 4) is 0 Å². The highest BCUT2D eigenvalue weighted by atomic mass is 35.5. The van der Waals surface area contributed by atoms with Gasteiger partial charge in [0.15, 0.2) is 0 Å². The van der Waals surface area contributed by atoms with Crippen LogP contribution in [0.4, 0.5) is 0 Å². The maximum Gasteiger partial charge on any atom is 0.139 e. The van der Waals surface area contributed by atoms with E-state index in [0.717, 1.165) is 43.6 Å². The Morgan fingerprint density at radius 2 is 1.36 bits per heavy atom. The molecule has 4 heterocycles. The Morgan fingerprint density at radius 3 is 1.73 bits per heavy atom. The summed E-state index contributed by atoms with van der Waals surface area (Å²) in [5, 5.41) is 0. The van der Waals surface area contributed by atoms with E-state index in [0.29, 0.717) is 19.3 Å². The van der Waals surface area contributed by atoms with Crippen LogP contribution in [0.15, 0.2) is 11.6 Å². The zero-order chi connectivity index (χ0) is 15.1. The number of hydrogen-bond donors (Lipinski definition) is 0. The summed E-state index contributed by atoms with van der Waals surface area (Å²) in [7, 11) is 0. The summed E-state index contributed by atoms with van der Waals surface area (Å²) in [6, 6.07) is 0. The highest BCUT2D eigenvalue weighted by Crippen LogP contribution is 2.28. The summed E-state index contributed by atoms with van der Waals surface area (Å²) in [5.41, 5.74) is 1.65. The first-order valence-corrected chi connectivity index (χ1v) is 7.80. The fourth-order valence-electron chi connectivity index (χ4n) is 3.38. The number of unbranched alkanes of at least 4 members (excludes halogenated alkanes) is 2. The number of quaternary nitrogens is 1. The van der Waals surface area contributed by atoms with E-state index in [1.807, 2.05) is 0 Å². The molecular formula is C14H24Cl2N4O2. The fourth-order valence-corrected chi connectivity index (χ4v) is 3.46. The highest BCUT2D eigenvalue weighted by Gasteiger charge is 2.47. The van der Waals surface area contributed by atoms with E-state index in [-0.39, 0.29) is 12.4 Å². The molecule has 4 saturated heterocycles. The summed E-state index contributed by atoms with van der Waals surface area (Å²) in [6.45, 7) is 8.09. The van der Waals surface area contributed by atoms with Gasteiger partial charge in [0, 0.05) is 18.4 Å². The average molecular weight is 351 g/mol. The Morgan fingerprint density at radius 1 is 0.909 bits per heavy atom. The quantitative estimate of drug-likeness (QED) is 0.309. The topological polar surface area (TPSA) is 43.9 Å². The van der Waals surface area contributed by atoms with Gasteiger partial charge in [-0.25, -0.2) is 14.7 Å². The van der Waals surface area contributed by atoms with E-state index in [2.05, 4.69) is 20.8 Å². The van der Waals surface area contributed by atoms with Crippen LogP contribution in [-0.4, -0.2) is 78.3 Å². The summed E-state index contributed by atoms with van der Waals surface area (Å²) in [6.07, 6.45) is 5.45. The zero-order valence-electron chi connectivity index (χ0n) is 12.7. The molecule has 8 heteroatoms. The number of rotatable bonds is 6. The fraction of sp³-hybridized carbons (Fsp3) is 0.714. The number of carbonyl (C=O) groups is 2. The molecule has 4 rings (SSSR count). The third-order valence-electron chi connectivity index (χ3n) is 3.93. The van der Waals surface area contributed by atoms with Gasteiger partial charge in [-0.05, 0) is 12.5 Å². The van der Waals surface area contributed by atoms with Crippen LogP contribution in [0.1, 0.15) is 19.3 Å². The molecule has 4 aliphatic heterocycles. The predicted octanol–water partition coefficient (Wildman–Crippen LogP) is -2.19. The molecule has 0 radical (unpaired) electrons. The molecule has 22 heavy (non-hydrogen) atoms. The Kier molecular flexibility index (Phi) is 8.53. The number of nitrogens with zero attached hydrogens (tertiary/aromatic N) is 4. The van der Waals surface area contributed by atoms with Crippen molar-refractivity contribution in [2.45, 2.75) is 19.3 Å². The minimum absolute atomic E-state index is 0. The van der Waals surface area contributed by atoms with Gasteiger partial charge in [0.2, 0.25) is 0 Å². The molecule has 0 aromatic carbocycles. The summed E-state index contributed by atoms with van der Waals surface area (Å²) >= 11 is 5.61. The lowest BCUT2D eigenvalue weighted by Crippen LogP contribution is -3.00. The molecule has 0 aliphatic carbocycles. The van der Waals surface area contributed by atoms with Crippen LogP contribution in [0.3, 0.4) is 0 Å². The third kappa shape index (κ3) is 5.30. The molecule has 0 aromatic heterocycles. The summed E-state index contributed by atoms with van der Waals surface area (Å²) < 4.78 is 1.14. The number of carbonyl (C=O) groups excluding carboxylic acids is 2. The van der Waals surface area contributed by atoms with Crippen molar-refractivity contribution < 1.29 is 26.5 Å². The molecule has 0 aromatic rings. The number of aldehydes is 2. The minimum atomic E-state index is 0. The molecule has 0 N–H and O–H groups in total. The third-order valence-corrected chi connectivity index (χ3v) is 4.10. The molecule has 4 aliphatic rings. The Labute approximate surface area is 143 Å². The van der Waals surface area contributed by atoms with Crippen LogP contribution >= 0.6 is 11.6 Å². The normalized spacial score (nSPS) is 34.7. The second kappa shape index (κ2) is 9.60. The standard InChI is InChI=1S/C9H16ClN4.C5H8O2.ClH/c10-2-1-3-14-7-11-4-12(8-14)6-13(5-11)9-14;6-4-2-1-3-5-7;/h1-2H,3-9H2;4-5H,1-3H2;1H/q+1;;/p-1. The van der Waals surface area contributed by atoms with Gasteiger partial charge < -0.3 is 22.0 Å². The number of hydrogen-bond acceptors (Lipinski definition) is 5. The van der Waals surface area contributed by atoms with Crippen LogP contribution < -0.4 is 12.4 Å². The lowest BCUT2D eigenvalue weighted by molar-refractivity contribution is -0.975. The van der Waals surface area contributed by atoms with Crippen molar-refractivity contribution in [2.75, 3.05) is 46.6 Å². The second-order valence-electron chi connectivity index (χ2n) is 6.01. The number of halogens is 2. The van der Waals surface area contributed by atoms with E-state index in [1.165, 1.54) is 20.0 Å². The monoisotopic (exact) mass is 350 g/mol. The lowest BCUT2D eigenvalue weighted by Gasteiger charge is -2.60. The lowest BCUT2D eigenvalue weighted by atomic mass is 10.3. The van der Waals surface area contributed by atoms with Crippen LogP contribution in [0.5, 0.6) is 0 Å². The Hall–Kier alpha value is -0.500. The molecule has 0 saturated carbocycles. The first-order chi connectivity index (χ1) is 10.2. The molecule has 4 bridgehead atoms. The van der Waals surface area contributed by atoms with Crippen molar-refractivity contribution in [3.05, 3.63) is 11.6 Å². The maximum atomic E-state index is 9.56. The van der Waals surface area contributed by atoms with Gasteiger partial charge in [-0.1, -0.05) is 11.6 Å². The van der Waals surface area contributed by atoms with E-state index in [9.17, 15) is 9.59 Å². The van der Waals surface area contributed by atoms with Crippen molar-refractivity contribution in [2.24, 2.45) is 0 Å². The molecule has 6 nitrogen and oxygen atoms in total. The second-order valence-corrected chi connectivity index (χ2v) is 6.26. The summed E-state index contributed by atoms with van der Waals surface area (Å²) in [4.78, 5) is 26.7. The maximum absolute atomic E-state index is 9.56. The van der Waals surface area contributed by atoms with Gasteiger partial charge in [-0.2, -0.15) is 0 Å². The molecule has 126 valence electrons. The van der Waals surface area contributed by atoms with Crippen molar-refractivity contribution in [3.63, 3.8) is 0 Å². The van der Waals surface area contributed by atoms with Crippen LogP contribution in [0.2, 0.25) is 0 Å². The Bertz CT molecular complexity index is 350. The van der Waals surface area contributed by atoms with E-state index in [1.54, 1.807) is 5.54 Å².